The molecule has 1 aliphatic heterocycles. The third-order valence-corrected chi connectivity index (χ3v) is 6.62. The number of para-hydroxylation sites is 1. The number of rotatable bonds is 4. The molecule has 0 fully saturated rings. The van der Waals surface area contributed by atoms with E-state index in [1.807, 2.05) is 42.6 Å². The van der Waals surface area contributed by atoms with E-state index in [1.165, 1.54) is 12.1 Å². The van der Waals surface area contributed by atoms with Gasteiger partial charge in [-0.25, -0.2) is 4.39 Å². The molecule has 33 heavy (non-hydrogen) atoms. The van der Waals surface area contributed by atoms with Crippen molar-refractivity contribution < 1.29 is 14.0 Å². The summed E-state index contributed by atoms with van der Waals surface area (Å²) >= 11 is 6.15. The monoisotopic (exact) mass is 461 g/mol. The van der Waals surface area contributed by atoms with E-state index in [2.05, 4.69) is 10.3 Å². The van der Waals surface area contributed by atoms with Crippen LogP contribution in [0, 0.1) is 5.82 Å². The summed E-state index contributed by atoms with van der Waals surface area (Å²) in [6, 6.07) is 18.6. The van der Waals surface area contributed by atoms with Gasteiger partial charge >= 0.3 is 0 Å². The Morgan fingerprint density at radius 3 is 2.67 bits per heavy atom. The first-order chi connectivity index (χ1) is 16.0. The molecule has 5 rings (SSSR count). The molecule has 1 aliphatic rings. The molecular weight excluding hydrogens is 441 g/mol. The number of benzene rings is 3. The van der Waals surface area contributed by atoms with Gasteiger partial charge in [-0.3, -0.25) is 9.59 Å². The van der Waals surface area contributed by atoms with Gasteiger partial charge in [0.15, 0.2) is 0 Å². The van der Waals surface area contributed by atoms with Crippen LogP contribution in [0.1, 0.15) is 39.0 Å². The minimum Gasteiger partial charge on any atom is -0.361 e. The topological polar surface area (TPSA) is 65.2 Å². The Morgan fingerprint density at radius 1 is 1.09 bits per heavy atom. The first kappa shape index (κ1) is 21.2. The van der Waals surface area contributed by atoms with E-state index in [0.717, 1.165) is 16.5 Å². The highest BCUT2D eigenvalue weighted by molar-refractivity contribution is 6.31. The number of nitrogens with one attached hydrogen (secondary N) is 2. The second kappa shape index (κ2) is 8.37. The average molecular weight is 462 g/mol. The van der Waals surface area contributed by atoms with Crippen LogP contribution in [0.15, 0.2) is 72.9 Å². The fourth-order valence-corrected chi connectivity index (χ4v) is 4.88. The zero-order valence-corrected chi connectivity index (χ0v) is 18.6. The number of likely N-dealkylation sites (N-methyl/N-ethyl adjacent to an activating group) is 1. The molecule has 166 valence electrons. The Balaban J connectivity index is 1.57. The summed E-state index contributed by atoms with van der Waals surface area (Å²) in [6.45, 7) is 0.148. The molecule has 2 unspecified atom stereocenters. The van der Waals surface area contributed by atoms with Gasteiger partial charge in [0.25, 0.3) is 5.91 Å². The van der Waals surface area contributed by atoms with Gasteiger partial charge < -0.3 is 15.2 Å². The standard InChI is InChI=1S/C26H21ClFN3O2/c1-31-24(20-14-29-22-9-5-4-6-17(20)22)23(18-7-2-3-8-19(18)26(31)33)25(32)30-13-15-10-11-16(28)12-21(15)27/h2-12,14,23-24,29H,13H2,1H3,(H,30,32). The molecule has 0 spiro atoms. The number of carbonyl (C=O) groups is 2. The van der Waals surface area contributed by atoms with E-state index in [1.54, 1.807) is 30.1 Å². The highest BCUT2D eigenvalue weighted by Gasteiger charge is 2.43. The number of fused-ring (bicyclic) bond motifs is 2. The van der Waals surface area contributed by atoms with Gasteiger partial charge in [0.2, 0.25) is 5.91 Å². The van der Waals surface area contributed by atoms with Crippen molar-refractivity contribution in [2.45, 2.75) is 18.5 Å². The van der Waals surface area contributed by atoms with Crippen LogP contribution in [0.5, 0.6) is 0 Å². The van der Waals surface area contributed by atoms with E-state index < -0.39 is 17.8 Å². The van der Waals surface area contributed by atoms with Crippen LogP contribution in [0.3, 0.4) is 0 Å². The van der Waals surface area contributed by atoms with Gasteiger partial charge in [0.1, 0.15) is 5.82 Å². The molecule has 0 bridgehead atoms. The molecule has 4 aromatic rings. The number of hydrogen-bond donors (Lipinski definition) is 2. The molecule has 0 radical (unpaired) electrons. The molecular formula is C26H21ClFN3O2. The summed E-state index contributed by atoms with van der Waals surface area (Å²) in [5, 5.41) is 4.16. The number of hydrogen-bond acceptors (Lipinski definition) is 2. The van der Waals surface area contributed by atoms with Crippen molar-refractivity contribution in [3.8, 4) is 0 Å². The predicted molar refractivity (Wildman–Crippen MR) is 126 cm³/mol. The number of aromatic amines is 1. The number of amides is 2. The molecule has 2 heterocycles. The van der Waals surface area contributed by atoms with E-state index in [9.17, 15) is 14.0 Å². The van der Waals surface area contributed by atoms with E-state index >= 15 is 0 Å². The van der Waals surface area contributed by atoms with Gasteiger partial charge in [0.05, 0.1) is 12.0 Å². The summed E-state index contributed by atoms with van der Waals surface area (Å²) in [5.74, 6) is -1.44. The fraction of sp³-hybridized carbons (Fsp3) is 0.154. The minimum absolute atomic E-state index is 0.133. The SMILES string of the molecule is CN1C(=O)c2ccccc2C(C(=O)NCc2ccc(F)cc2Cl)C1c1c[nH]c2ccccc12. The maximum absolute atomic E-state index is 13.6. The summed E-state index contributed by atoms with van der Waals surface area (Å²) < 4.78 is 13.4. The van der Waals surface area contributed by atoms with Crippen LogP contribution < -0.4 is 5.32 Å². The summed E-state index contributed by atoms with van der Waals surface area (Å²) in [6.07, 6.45) is 1.87. The van der Waals surface area contributed by atoms with Crippen molar-refractivity contribution in [3.63, 3.8) is 0 Å². The highest BCUT2D eigenvalue weighted by Crippen LogP contribution is 2.44. The zero-order valence-electron chi connectivity index (χ0n) is 17.8. The van der Waals surface area contributed by atoms with Gasteiger partial charge in [0, 0.05) is 46.8 Å². The molecule has 0 saturated carbocycles. The van der Waals surface area contributed by atoms with Crippen molar-refractivity contribution >= 4 is 34.3 Å². The smallest absolute Gasteiger partial charge is 0.254 e. The Bertz CT molecular complexity index is 1380. The summed E-state index contributed by atoms with van der Waals surface area (Å²) in [4.78, 5) is 31.7. The molecule has 0 aliphatic carbocycles. The van der Waals surface area contributed by atoms with Crippen molar-refractivity contribution in [3.05, 3.63) is 106 Å². The number of aromatic nitrogens is 1. The van der Waals surface area contributed by atoms with Gasteiger partial charge in [-0.15, -0.1) is 0 Å². The van der Waals surface area contributed by atoms with Crippen LogP contribution in [-0.2, 0) is 11.3 Å². The van der Waals surface area contributed by atoms with Crippen LogP contribution in [0.4, 0.5) is 4.39 Å². The molecule has 2 amide bonds. The predicted octanol–water partition coefficient (Wildman–Crippen LogP) is 5.19. The first-order valence-corrected chi connectivity index (χ1v) is 11.0. The van der Waals surface area contributed by atoms with Crippen molar-refractivity contribution in [1.82, 2.24) is 15.2 Å². The Labute approximate surface area is 195 Å². The summed E-state index contributed by atoms with van der Waals surface area (Å²) in [7, 11) is 1.72. The normalized spacial score (nSPS) is 17.8. The van der Waals surface area contributed by atoms with Crippen LogP contribution in [0.2, 0.25) is 5.02 Å². The fourth-order valence-electron chi connectivity index (χ4n) is 4.64. The van der Waals surface area contributed by atoms with E-state index in [0.29, 0.717) is 16.7 Å². The third kappa shape index (κ3) is 3.66. The lowest BCUT2D eigenvalue weighted by atomic mass is 9.79. The van der Waals surface area contributed by atoms with Gasteiger partial charge in [-0.1, -0.05) is 54.1 Å². The molecule has 7 heteroatoms. The lowest BCUT2D eigenvalue weighted by Crippen LogP contribution is -2.45. The molecule has 2 N–H and O–H groups in total. The Morgan fingerprint density at radius 2 is 1.85 bits per heavy atom. The molecule has 3 aromatic carbocycles. The van der Waals surface area contributed by atoms with Crippen LogP contribution >= 0.6 is 11.6 Å². The van der Waals surface area contributed by atoms with Gasteiger partial charge in [-0.05, 0) is 35.4 Å². The van der Waals surface area contributed by atoms with Crippen LogP contribution in [-0.4, -0.2) is 28.7 Å². The first-order valence-electron chi connectivity index (χ1n) is 10.6. The highest BCUT2D eigenvalue weighted by atomic mass is 35.5. The van der Waals surface area contributed by atoms with Crippen molar-refractivity contribution in [1.29, 1.82) is 0 Å². The average Bonchev–Trinajstić information content (AvgIpc) is 3.24. The second-order valence-electron chi connectivity index (χ2n) is 8.17. The Hall–Kier alpha value is -3.64. The number of halogens is 2. The number of H-pyrrole nitrogens is 1. The zero-order chi connectivity index (χ0) is 23.1. The van der Waals surface area contributed by atoms with Crippen molar-refractivity contribution in [2.75, 3.05) is 7.05 Å². The number of nitrogens with zero attached hydrogens (tertiary/aromatic N) is 1. The maximum atomic E-state index is 13.6. The van der Waals surface area contributed by atoms with Crippen molar-refractivity contribution in [2.24, 2.45) is 0 Å². The van der Waals surface area contributed by atoms with Crippen LogP contribution in [0.25, 0.3) is 10.9 Å². The third-order valence-electron chi connectivity index (χ3n) is 6.27. The lowest BCUT2D eigenvalue weighted by molar-refractivity contribution is -0.124. The number of carbonyl (C=O) groups excluding carboxylic acids is 2. The second-order valence-corrected chi connectivity index (χ2v) is 8.58. The molecule has 1 aromatic heterocycles. The maximum Gasteiger partial charge on any atom is 0.254 e. The molecule has 2 atom stereocenters. The summed E-state index contributed by atoms with van der Waals surface area (Å²) in [5.41, 5.74) is 3.61. The minimum atomic E-state index is -0.637. The molecule has 0 saturated heterocycles. The molecule has 5 nitrogen and oxygen atoms in total. The lowest BCUT2D eigenvalue weighted by Gasteiger charge is -2.39. The largest absolute Gasteiger partial charge is 0.361 e. The Kier molecular flexibility index (Phi) is 5.38. The van der Waals surface area contributed by atoms with Gasteiger partial charge in [-0.2, -0.15) is 0 Å². The van der Waals surface area contributed by atoms with E-state index in [-0.39, 0.29) is 23.4 Å². The quantitative estimate of drug-likeness (QED) is 0.439. The van der Waals surface area contributed by atoms with E-state index in [4.69, 9.17) is 11.6 Å².